The third-order valence-electron chi connectivity index (χ3n) is 6.36. The van der Waals surface area contributed by atoms with Crippen LogP contribution < -0.4 is 27.4 Å². The van der Waals surface area contributed by atoms with Crippen molar-refractivity contribution < 1.29 is 24.3 Å². The summed E-state index contributed by atoms with van der Waals surface area (Å²) in [6, 6.07) is 13.9. The lowest BCUT2D eigenvalue weighted by Crippen LogP contribution is -2.56. The van der Waals surface area contributed by atoms with E-state index in [0.29, 0.717) is 32.2 Å². The minimum atomic E-state index is -1.21. The van der Waals surface area contributed by atoms with Gasteiger partial charge < -0.3 is 37.5 Å². The van der Waals surface area contributed by atoms with Gasteiger partial charge in [-0.2, -0.15) is 0 Å². The van der Waals surface area contributed by atoms with Gasteiger partial charge in [-0.05, 0) is 49.4 Å². The highest BCUT2D eigenvalue weighted by atomic mass is 16.4. The van der Waals surface area contributed by atoms with Gasteiger partial charge in [-0.1, -0.05) is 48.5 Å². The average Bonchev–Trinajstić information content (AvgIpc) is 3.34. The Kier molecular flexibility index (Phi) is 11.0. The number of rotatable bonds is 15. The number of hydrogen-bond donors (Lipinski definition) is 7. The number of aliphatic carboxylic acids is 1. The molecule has 3 amide bonds. The van der Waals surface area contributed by atoms with Crippen LogP contribution in [-0.4, -0.2) is 65.0 Å². The van der Waals surface area contributed by atoms with Gasteiger partial charge in [0.1, 0.15) is 18.6 Å². The van der Waals surface area contributed by atoms with Crippen LogP contribution in [0.4, 0.5) is 0 Å². The van der Waals surface area contributed by atoms with Crippen LogP contribution in [0.15, 0.2) is 60.8 Å². The Balaban J connectivity index is 1.75. The number of carboxylic acid groups (broad SMARTS) is 1. The molecule has 208 valence electrons. The first-order chi connectivity index (χ1) is 18.8. The van der Waals surface area contributed by atoms with Crippen molar-refractivity contribution >= 4 is 34.6 Å². The minimum absolute atomic E-state index is 0.109. The highest BCUT2D eigenvalue weighted by molar-refractivity contribution is 5.94. The molecule has 3 atom stereocenters. The summed E-state index contributed by atoms with van der Waals surface area (Å²) in [5.41, 5.74) is 14.3. The van der Waals surface area contributed by atoms with Crippen LogP contribution >= 0.6 is 0 Å². The lowest BCUT2D eigenvalue weighted by molar-refractivity contribution is -0.138. The second kappa shape index (κ2) is 14.6. The van der Waals surface area contributed by atoms with Gasteiger partial charge in [-0.3, -0.25) is 19.2 Å². The summed E-state index contributed by atoms with van der Waals surface area (Å²) in [7, 11) is 0. The summed E-state index contributed by atoms with van der Waals surface area (Å²) in [5.74, 6) is -2.92. The zero-order chi connectivity index (χ0) is 28.2. The smallest absolute Gasteiger partial charge is 0.322 e. The Morgan fingerprint density at radius 2 is 1.54 bits per heavy atom. The standard InChI is InChI=1S/C28H36N6O5/c29-13-7-6-12-23(33-26(37)21(30)14-18-8-2-1-3-9-18)28(39)34-24(27(38)32-17-25(35)36)15-19-16-31-22-11-5-4-10-20(19)22/h1-5,8-11,16,21,23-24,31H,6-7,12-15,17,29-30H2,(H,32,38)(H,33,37)(H,34,39)(H,35,36). The van der Waals surface area contributed by atoms with E-state index in [-0.39, 0.29) is 6.42 Å². The predicted octanol–water partition coefficient (Wildman–Crippen LogP) is 0.580. The zero-order valence-corrected chi connectivity index (χ0v) is 21.7. The van der Waals surface area contributed by atoms with Crippen molar-refractivity contribution in [3.05, 3.63) is 71.9 Å². The van der Waals surface area contributed by atoms with Gasteiger partial charge in [0, 0.05) is 23.5 Å². The van der Waals surface area contributed by atoms with E-state index in [4.69, 9.17) is 16.6 Å². The van der Waals surface area contributed by atoms with E-state index in [1.165, 1.54) is 0 Å². The summed E-state index contributed by atoms with van der Waals surface area (Å²) in [5, 5.41) is 17.7. The molecule has 3 rings (SSSR count). The fourth-order valence-electron chi connectivity index (χ4n) is 4.29. The molecule has 0 aliphatic rings. The number of H-pyrrole nitrogens is 1. The van der Waals surface area contributed by atoms with E-state index in [2.05, 4.69) is 20.9 Å². The second-order valence-electron chi connectivity index (χ2n) is 9.38. The summed E-state index contributed by atoms with van der Waals surface area (Å²) in [4.78, 5) is 53.4. The molecule has 39 heavy (non-hydrogen) atoms. The van der Waals surface area contributed by atoms with Crippen LogP contribution in [0, 0.1) is 0 Å². The molecule has 0 saturated heterocycles. The molecule has 0 bridgehead atoms. The van der Waals surface area contributed by atoms with E-state index < -0.39 is 48.4 Å². The number of benzene rings is 2. The maximum absolute atomic E-state index is 13.4. The van der Waals surface area contributed by atoms with Crippen molar-refractivity contribution in [2.45, 2.75) is 50.2 Å². The molecule has 0 spiro atoms. The van der Waals surface area contributed by atoms with Gasteiger partial charge in [0.25, 0.3) is 0 Å². The number of hydrogen-bond acceptors (Lipinski definition) is 6. The number of unbranched alkanes of at least 4 members (excludes halogenated alkanes) is 1. The van der Waals surface area contributed by atoms with E-state index in [1.807, 2.05) is 54.6 Å². The fraction of sp³-hybridized carbons (Fsp3) is 0.357. The Hall–Kier alpha value is -4.22. The Morgan fingerprint density at radius 1 is 0.846 bits per heavy atom. The number of nitrogens with two attached hydrogens (primary N) is 2. The Morgan fingerprint density at radius 3 is 2.26 bits per heavy atom. The first-order valence-corrected chi connectivity index (χ1v) is 12.9. The number of carbonyl (C=O) groups excluding carboxylic acids is 3. The van der Waals surface area contributed by atoms with Crippen molar-refractivity contribution in [1.82, 2.24) is 20.9 Å². The van der Waals surface area contributed by atoms with Crippen molar-refractivity contribution in [3.63, 3.8) is 0 Å². The van der Waals surface area contributed by atoms with Gasteiger partial charge >= 0.3 is 5.97 Å². The van der Waals surface area contributed by atoms with E-state index in [1.54, 1.807) is 6.20 Å². The molecule has 0 aliphatic carbocycles. The molecule has 1 heterocycles. The summed E-state index contributed by atoms with van der Waals surface area (Å²) in [6.07, 6.45) is 3.66. The largest absolute Gasteiger partial charge is 0.480 e. The number of aromatic nitrogens is 1. The van der Waals surface area contributed by atoms with Gasteiger partial charge in [0.05, 0.1) is 6.04 Å². The van der Waals surface area contributed by atoms with Gasteiger partial charge in [0.2, 0.25) is 17.7 Å². The Labute approximate surface area is 226 Å². The zero-order valence-electron chi connectivity index (χ0n) is 21.7. The third-order valence-corrected chi connectivity index (χ3v) is 6.36. The number of carboxylic acids is 1. The molecule has 1 aromatic heterocycles. The first-order valence-electron chi connectivity index (χ1n) is 12.9. The van der Waals surface area contributed by atoms with Crippen LogP contribution in [-0.2, 0) is 32.0 Å². The normalized spacial score (nSPS) is 13.3. The molecular weight excluding hydrogens is 500 g/mol. The number of aromatic amines is 1. The molecule has 0 saturated carbocycles. The number of carbonyl (C=O) groups is 4. The second-order valence-corrected chi connectivity index (χ2v) is 9.38. The topological polar surface area (TPSA) is 192 Å². The summed E-state index contributed by atoms with van der Waals surface area (Å²) >= 11 is 0. The molecule has 11 heteroatoms. The highest BCUT2D eigenvalue weighted by Gasteiger charge is 2.29. The SMILES string of the molecule is NCCCCC(NC(=O)C(N)Cc1ccccc1)C(=O)NC(Cc1c[nH]c2ccccc12)C(=O)NCC(=O)O. The third kappa shape index (κ3) is 8.94. The van der Waals surface area contributed by atoms with Crippen LogP contribution in [0.1, 0.15) is 30.4 Å². The molecule has 3 unspecified atom stereocenters. The first kappa shape index (κ1) is 29.3. The molecule has 3 aromatic rings. The van der Waals surface area contributed by atoms with E-state index in [0.717, 1.165) is 22.0 Å². The fourth-order valence-corrected chi connectivity index (χ4v) is 4.29. The summed E-state index contributed by atoms with van der Waals surface area (Å²) in [6.45, 7) is -0.166. The van der Waals surface area contributed by atoms with Crippen LogP contribution in [0.5, 0.6) is 0 Å². The summed E-state index contributed by atoms with van der Waals surface area (Å²) < 4.78 is 0. The van der Waals surface area contributed by atoms with E-state index >= 15 is 0 Å². The van der Waals surface area contributed by atoms with Gasteiger partial charge in [-0.15, -0.1) is 0 Å². The van der Waals surface area contributed by atoms with Crippen molar-refractivity contribution in [1.29, 1.82) is 0 Å². The predicted molar refractivity (Wildman–Crippen MR) is 148 cm³/mol. The monoisotopic (exact) mass is 536 g/mol. The average molecular weight is 537 g/mol. The molecule has 2 aromatic carbocycles. The number of nitrogens with one attached hydrogen (secondary N) is 4. The highest BCUT2D eigenvalue weighted by Crippen LogP contribution is 2.19. The lowest BCUT2D eigenvalue weighted by Gasteiger charge is -2.24. The van der Waals surface area contributed by atoms with Crippen LogP contribution in [0.25, 0.3) is 10.9 Å². The van der Waals surface area contributed by atoms with Gasteiger partial charge in [0.15, 0.2) is 0 Å². The quantitative estimate of drug-likeness (QED) is 0.138. The molecular formula is C28H36N6O5. The molecule has 0 fully saturated rings. The number of para-hydroxylation sites is 1. The number of amides is 3. The maximum Gasteiger partial charge on any atom is 0.322 e. The van der Waals surface area contributed by atoms with Crippen molar-refractivity contribution in [3.8, 4) is 0 Å². The molecule has 0 radical (unpaired) electrons. The minimum Gasteiger partial charge on any atom is -0.480 e. The molecule has 11 nitrogen and oxygen atoms in total. The maximum atomic E-state index is 13.4. The Bertz CT molecular complexity index is 1260. The van der Waals surface area contributed by atoms with Crippen molar-refractivity contribution in [2.24, 2.45) is 11.5 Å². The number of fused-ring (bicyclic) bond motifs is 1. The molecule has 0 aliphatic heterocycles. The van der Waals surface area contributed by atoms with Crippen LogP contribution in [0.3, 0.4) is 0 Å². The van der Waals surface area contributed by atoms with Crippen LogP contribution in [0.2, 0.25) is 0 Å². The lowest BCUT2D eigenvalue weighted by atomic mass is 10.0. The van der Waals surface area contributed by atoms with Gasteiger partial charge in [-0.25, -0.2) is 0 Å². The molecule has 9 N–H and O–H groups in total. The van der Waals surface area contributed by atoms with E-state index in [9.17, 15) is 19.2 Å². The van der Waals surface area contributed by atoms with Crippen molar-refractivity contribution in [2.75, 3.05) is 13.1 Å².